The van der Waals surface area contributed by atoms with Crippen molar-refractivity contribution in [2.24, 2.45) is 0 Å². The van der Waals surface area contributed by atoms with Gasteiger partial charge in [-0.25, -0.2) is 9.67 Å². The highest BCUT2D eigenvalue weighted by Crippen LogP contribution is 2.04. The van der Waals surface area contributed by atoms with Crippen LogP contribution in [0.25, 0.3) is 0 Å². The van der Waals surface area contributed by atoms with Crippen LogP contribution in [0.5, 0.6) is 0 Å². The topological polar surface area (TPSA) is 55.6 Å². The molecule has 0 atom stereocenters. The summed E-state index contributed by atoms with van der Waals surface area (Å²) < 4.78 is 1.87. The summed E-state index contributed by atoms with van der Waals surface area (Å²) in [6.45, 7) is 5.36. The Morgan fingerprint density at radius 1 is 1.29 bits per heavy atom. The molecule has 0 bridgehead atoms. The molecule has 2 heterocycles. The summed E-state index contributed by atoms with van der Waals surface area (Å²) in [5, 5.41) is 7.42. The van der Waals surface area contributed by atoms with Gasteiger partial charge in [-0.1, -0.05) is 6.07 Å². The van der Waals surface area contributed by atoms with E-state index in [1.54, 1.807) is 0 Å². The van der Waals surface area contributed by atoms with Crippen LogP contribution in [0.3, 0.4) is 0 Å². The summed E-state index contributed by atoms with van der Waals surface area (Å²) in [6.07, 6.45) is 1.89. The Labute approximate surface area is 101 Å². The highest BCUT2D eigenvalue weighted by atomic mass is 15.3. The molecule has 1 N–H and O–H groups in total. The third-order valence-corrected chi connectivity index (χ3v) is 2.54. The molecule has 0 fully saturated rings. The van der Waals surface area contributed by atoms with Crippen molar-refractivity contribution in [3.8, 4) is 0 Å². The van der Waals surface area contributed by atoms with Crippen molar-refractivity contribution in [3.05, 3.63) is 41.2 Å². The average molecular weight is 231 g/mol. The van der Waals surface area contributed by atoms with Crippen molar-refractivity contribution in [2.45, 2.75) is 26.9 Å². The highest BCUT2D eigenvalue weighted by molar-refractivity contribution is 5.14. The van der Waals surface area contributed by atoms with Crippen molar-refractivity contribution in [2.75, 3.05) is 7.05 Å². The number of hydrogen-bond acceptors (Lipinski definition) is 4. The van der Waals surface area contributed by atoms with Gasteiger partial charge in [-0.2, -0.15) is 5.10 Å². The lowest BCUT2D eigenvalue weighted by molar-refractivity contribution is 0.643. The van der Waals surface area contributed by atoms with Crippen LogP contribution < -0.4 is 5.32 Å². The zero-order valence-corrected chi connectivity index (χ0v) is 10.4. The van der Waals surface area contributed by atoms with Crippen LogP contribution >= 0.6 is 0 Å². The van der Waals surface area contributed by atoms with Gasteiger partial charge in [-0.15, -0.1) is 0 Å². The van der Waals surface area contributed by atoms with Crippen molar-refractivity contribution in [3.63, 3.8) is 0 Å². The second-order valence-electron chi connectivity index (χ2n) is 4.05. The van der Waals surface area contributed by atoms with Crippen LogP contribution in [0.4, 0.5) is 0 Å². The van der Waals surface area contributed by atoms with E-state index in [0.29, 0.717) is 6.54 Å². The molecular formula is C12H17N5. The van der Waals surface area contributed by atoms with Gasteiger partial charge in [0.1, 0.15) is 11.6 Å². The molecule has 5 heteroatoms. The summed E-state index contributed by atoms with van der Waals surface area (Å²) in [7, 11) is 1.93. The van der Waals surface area contributed by atoms with E-state index in [0.717, 1.165) is 23.9 Å². The largest absolute Gasteiger partial charge is 0.316 e. The first-order valence-corrected chi connectivity index (χ1v) is 5.65. The van der Waals surface area contributed by atoms with Gasteiger partial charge in [0.2, 0.25) is 0 Å². The zero-order valence-electron chi connectivity index (χ0n) is 10.4. The van der Waals surface area contributed by atoms with Gasteiger partial charge in [-0.3, -0.25) is 4.98 Å². The van der Waals surface area contributed by atoms with E-state index in [1.807, 2.05) is 37.8 Å². The minimum Gasteiger partial charge on any atom is -0.316 e. The molecule has 2 aromatic heterocycles. The fourth-order valence-electron chi connectivity index (χ4n) is 1.72. The van der Waals surface area contributed by atoms with Crippen LogP contribution in [0.15, 0.2) is 18.3 Å². The quantitative estimate of drug-likeness (QED) is 0.854. The smallest absolute Gasteiger partial charge is 0.147 e. The Balaban J connectivity index is 2.11. The van der Waals surface area contributed by atoms with Crippen molar-refractivity contribution < 1.29 is 0 Å². The highest BCUT2D eigenvalue weighted by Gasteiger charge is 2.04. The van der Waals surface area contributed by atoms with E-state index < -0.39 is 0 Å². The molecular weight excluding hydrogens is 214 g/mol. The SMILES string of the molecule is CNCc1ccc(Cn2nc(C)nc2C)nc1. The van der Waals surface area contributed by atoms with E-state index in [9.17, 15) is 0 Å². The molecule has 0 radical (unpaired) electrons. The summed E-state index contributed by atoms with van der Waals surface area (Å²) in [4.78, 5) is 8.68. The third-order valence-electron chi connectivity index (χ3n) is 2.54. The molecule has 0 aliphatic rings. The number of aromatic nitrogens is 4. The third kappa shape index (κ3) is 2.88. The van der Waals surface area contributed by atoms with Crippen LogP contribution in [0, 0.1) is 13.8 Å². The Kier molecular flexibility index (Phi) is 3.49. The monoisotopic (exact) mass is 231 g/mol. The molecule has 0 aliphatic carbocycles. The molecule has 0 saturated heterocycles. The Morgan fingerprint density at radius 3 is 2.65 bits per heavy atom. The van der Waals surface area contributed by atoms with Gasteiger partial charge >= 0.3 is 0 Å². The number of pyridine rings is 1. The maximum atomic E-state index is 4.41. The second-order valence-corrected chi connectivity index (χ2v) is 4.05. The maximum absolute atomic E-state index is 4.41. The standard InChI is InChI=1S/C12H17N5/c1-9-15-10(2)17(16-9)8-12-5-4-11(6-13-3)7-14-12/h4-5,7,13H,6,8H2,1-3H3. The number of hydrogen-bond donors (Lipinski definition) is 1. The van der Waals surface area contributed by atoms with E-state index >= 15 is 0 Å². The van der Waals surface area contributed by atoms with Crippen LogP contribution in [-0.2, 0) is 13.1 Å². The lowest BCUT2D eigenvalue weighted by atomic mass is 10.2. The van der Waals surface area contributed by atoms with Crippen LogP contribution in [-0.4, -0.2) is 26.8 Å². The number of rotatable bonds is 4. The van der Waals surface area contributed by atoms with E-state index in [1.165, 1.54) is 5.56 Å². The molecule has 0 unspecified atom stereocenters. The van der Waals surface area contributed by atoms with Gasteiger partial charge in [0.15, 0.2) is 0 Å². The molecule has 90 valence electrons. The van der Waals surface area contributed by atoms with E-state index in [-0.39, 0.29) is 0 Å². The molecule has 0 aliphatic heterocycles. The predicted molar refractivity (Wildman–Crippen MR) is 65.6 cm³/mol. The molecule has 2 rings (SSSR count). The fourth-order valence-corrected chi connectivity index (χ4v) is 1.72. The number of aryl methyl sites for hydroxylation is 2. The van der Waals surface area contributed by atoms with Gasteiger partial charge in [-0.05, 0) is 32.5 Å². The van der Waals surface area contributed by atoms with Gasteiger partial charge in [0, 0.05) is 12.7 Å². The predicted octanol–water partition coefficient (Wildman–Crippen LogP) is 1.06. The van der Waals surface area contributed by atoms with Crippen LogP contribution in [0.2, 0.25) is 0 Å². The summed E-state index contributed by atoms with van der Waals surface area (Å²) in [5.41, 5.74) is 2.18. The minimum absolute atomic E-state index is 0.673. The summed E-state index contributed by atoms with van der Waals surface area (Å²) >= 11 is 0. The van der Waals surface area contributed by atoms with Crippen molar-refractivity contribution >= 4 is 0 Å². The second kappa shape index (κ2) is 5.05. The van der Waals surface area contributed by atoms with E-state index in [2.05, 4.69) is 26.4 Å². The molecule has 0 aromatic carbocycles. The molecule has 0 amide bonds. The minimum atomic E-state index is 0.673. The maximum Gasteiger partial charge on any atom is 0.147 e. The Hall–Kier alpha value is -1.75. The molecule has 5 nitrogen and oxygen atoms in total. The number of nitrogens with zero attached hydrogens (tertiary/aromatic N) is 4. The first-order valence-electron chi connectivity index (χ1n) is 5.65. The zero-order chi connectivity index (χ0) is 12.3. The molecule has 17 heavy (non-hydrogen) atoms. The lowest BCUT2D eigenvalue weighted by Crippen LogP contribution is -2.08. The first-order chi connectivity index (χ1) is 8.19. The molecule has 0 saturated carbocycles. The number of nitrogens with one attached hydrogen (secondary N) is 1. The Bertz CT molecular complexity index is 486. The van der Waals surface area contributed by atoms with Crippen LogP contribution in [0.1, 0.15) is 22.9 Å². The Morgan fingerprint density at radius 2 is 2.12 bits per heavy atom. The van der Waals surface area contributed by atoms with Gasteiger partial charge in [0.05, 0.1) is 12.2 Å². The summed E-state index contributed by atoms with van der Waals surface area (Å²) in [6, 6.07) is 4.11. The normalized spacial score (nSPS) is 10.8. The average Bonchev–Trinajstić information content (AvgIpc) is 2.61. The lowest BCUT2D eigenvalue weighted by Gasteiger charge is -2.04. The van der Waals surface area contributed by atoms with Crippen molar-refractivity contribution in [1.29, 1.82) is 0 Å². The van der Waals surface area contributed by atoms with E-state index in [4.69, 9.17) is 0 Å². The fraction of sp³-hybridized carbons (Fsp3) is 0.417. The summed E-state index contributed by atoms with van der Waals surface area (Å²) in [5.74, 6) is 1.72. The van der Waals surface area contributed by atoms with Gasteiger partial charge < -0.3 is 5.32 Å². The first kappa shape index (κ1) is 11.7. The molecule has 2 aromatic rings. The van der Waals surface area contributed by atoms with Gasteiger partial charge in [0.25, 0.3) is 0 Å². The van der Waals surface area contributed by atoms with Crippen molar-refractivity contribution in [1.82, 2.24) is 25.1 Å². The molecule has 0 spiro atoms.